The van der Waals surface area contributed by atoms with E-state index in [0.717, 1.165) is 11.1 Å². The first-order valence-corrected chi connectivity index (χ1v) is 8.66. The van der Waals surface area contributed by atoms with E-state index in [-0.39, 0.29) is 38.0 Å². The van der Waals surface area contributed by atoms with Gasteiger partial charge in [0.1, 0.15) is 11.5 Å². The Labute approximate surface area is 153 Å². The van der Waals surface area contributed by atoms with Gasteiger partial charge in [0, 0.05) is 6.54 Å². The number of hydrogen-bond acceptors (Lipinski definition) is 5. The Morgan fingerprint density at radius 1 is 1.15 bits per heavy atom. The molecule has 0 aliphatic rings. The Balaban J connectivity index is 1.99. The molecule has 140 valence electrons. The van der Waals surface area contributed by atoms with Crippen molar-refractivity contribution in [3.8, 4) is 5.75 Å². The van der Waals surface area contributed by atoms with Crippen LogP contribution in [-0.4, -0.2) is 36.5 Å². The smallest absolute Gasteiger partial charge is 0.307 e. The summed E-state index contributed by atoms with van der Waals surface area (Å²) in [5.41, 5.74) is 2.11. The summed E-state index contributed by atoms with van der Waals surface area (Å²) in [5, 5.41) is 0. The number of rotatable bonds is 9. The average molecular weight is 359 g/mol. The van der Waals surface area contributed by atoms with Crippen molar-refractivity contribution in [2.45, 2.75) is 33.7 Å². The molecule has 0 aliphatic carbocycles. The molecule has 26 heavy (non-hydrogen) atoms. The number of carbonyl (C=O) groups excluding carboxylic acids is 2. The number of aryl methyl sites for hydroxylation is 1. The zero-order chi connectivity index (χ0) is 18.9. The van der Waals surface area contributed by atoms with E-state index in [0.29, 0.717) is 18.1 Å². The molecule has 1 aromatic heterocycles. The molecule has 0 bridgehead atoms. The van der Waals surface area contributed by atoms with Crippen molar-refractivity contribution in [2.24, 2.45) is 0 Å². The van der Waals surface area contributed by atoms with Gasteiger partial charge in [0.15, 0.2) is 6.61 Å². The Morgan fingerprint density at radius 3 is 2.65 bits per heavy atom. The Bertz CT molecular complexity index is 724. The number of hydrogen-bond donors (Lipinski definition) is 0. The number of esters is 1. The first kappa shape index (κ1) is 19.6. The van der Waals surface area contributed by atoms with Crippen LogP contribution >= 0.6 is 0 Å². The minimum absolute atomic E-state index is 0.103. The number of amides is 1. The first-order chi connectivity index (χ1) is 12.5. The minimum Gasteiger partial charge on any atom is -0.483 e. The van der Waals surface area contributed by atoms with Crippen molar-refractivity contribution in [3.63, 3.8) is 0 Å². The Morgan fingerprint density at radius 2 is 1.96 bits per heavy atom. The monoisotopic (exact) mass is 359 g/mol. The van der Waals surface area contributed by atoms with Crippen LogP contribution in [0.15, 0.2) is 41.0 Å². The predicted molar refractivity (Wildman–Crippen MR) is 96.8 cm³/mol. The quantitative estimate of drug-likeness (QED) is 0.643. The molecule has 0 saturated carbocycles. The third-order valence-corrected chi connectivity index (χ3v) is 4.08. The highest BCUT2D eigenvalue weighted by Gasteiger charge is 2.18. The molecule has 0 aliphatic heterocycles. The molecule has 1 heterocycles. The molecule has 0 spiro atoms. The predicted octanol–water partition coefficient (Wildman–Crippen LogP) is 3.26. The average Bonchev–Trinajstić information content (AvgIpc) is 3.13. The maximum Gasteiger partial charge on any atom is 0.307 e. The maximum absolute atomic E-state index is 12.6. The van der Waals surface area contributed by atoms with Gasteiger partial charge in [-0.15, -0.1) is 0 Å². The molecule has 1 amide bonds. The van der Waals surface area contributed by atoms with Crippen LogP contribution in [-0.2, 0) is 20.9 Å². The standard InChI is InChI=1S/C20H25NO5/c1-4-24-20(23)10-11-21(13-17-8-6-12-25-17)19(22)14-26-18-9-5-7-15(2)16(18)3/h5-9,12H,4,10-11,13-14H2,1-3H3. The second-order valence-corrected chi connectivity index (χ2v) is 5.94. The summed E-state index contributed by atoms with van der Waals surface area (Å²) < 4.78 is 15.9. The summed E-state index contributed by atoms with van der Waals surface area (Å²) in [6.45, 7) is 6.44. The van der Waals surface area contributed by atoms with Crippen LogP contribution < -0.4 is 4.74 Å². The summed E-state index contributed by atoms with van der Waals surface area (Å²) in [4.78, 5) is 25.8. The van der Waals surface area contributed by atoms with Gasteiger partial charge in [-0.3, -0.25) is 9.59 Å². The van der Waals surface area contributed by atoms with Gasteiger partial charge in [0.2, 0.25) is 0 Å². The van der Waals surface area contributed by atoms with Crippen molar-refractivity contribution < 1.29 is 23.5 Å². The maximum atomic E-state index is 12.6. The molecule has 0 fully saturated rings. The largest absolute Gasteiger partial charge is 0.483 e. The molecule has 0 saturated heterocycles. The summed E-state index contributed by atoms with van der Waals surface area (Å²) in [6, 6.07) is 9.27. The van der Waals surface area contributed by atoms with Crippen LogP contribution in [0.2, 0.25) is 0 Å². The molecular formula is C20H25NO5. The molecule has 1 aromatic carbocycles. The van der Waals surface area contributed by atoms with Crippen molar-refractivity contribution in [1.29, 1.82) is 0 Å². The second-order valence-electron chi connectivity index (χ2n) is 5.94. The zero-order valence-electron chi connectivity index (χ0n) is 15.5. The van der Waals surface area contributed by atoms with E-state index in [9.17, 15) is 9.59 Å². The van der Waals surface area contributed by atoms with Crippen molar-refractivity contribution in [2.75, 3.05) is 19.8 Å². The van der Waals surface area contributed by atoms with E-state index in [1.165, 1.54) is 0 Å². The molecule has 0 unspecified atom stereocenters. The highest BCUT2D eigenvalue weighted by Crippen LogP contribution is 2.20. The molecular weight excluding hydrogens is 334 g/mol. The van der Waals surface area contributed by atoms with E-state index in [2.05, 4.69) is 0 Å². The lowest BCUT2D eigenvalue weighted by Crippen LogP contribution is -2.36. The fourth-order valence-electron chi connectivity index (χ4n) is 2.45. The normalized spacial score (nSPS) is 10.4. The highest BCUT2D eigenvalue weighted by molar-refractivity contribution is 5.78. The lowest BCUT2D eigenvalue weighted by molar-refractivity contribution is -0.144. The lowest BCUT2D eigenvalue weighted by Gasteiger charge is -2.22. The van der Waals surface area contributed by atoms with Crippen LogP contribution in [0.5, 0.6) is 5.75 Å². The molecule has 6 nitrogen and oxygen atoms in total. The van der Waals surface area contributed by atoms with E-state index >= 15 is 0 Å². The number of furan rings is 1. The van der Waals surface area contributed by atoms with Crippen LogP contribution in [0, 0.1) is 13.8 Å². The molecule has 0 N–H and O–H groups in total. The summed E-state index contributed by atoms with van der Waals surface area (Å²) >= 11 is 0. The van der Waals surface area contributed by atoms with Gasteiger partial charge in [-0.05, 0) is 50.1 Å². The van der Waals surface area contributed by atoms with Crippen LogP contribution in [0.3, 0.4) is 0 Å². The number of ether oxygens (including phenoxy) is 2. The van der Waals surface area contributed by atoms with Gasteiger partial charge in [-0.1, -0.05) is 12.1 Å². The van der Waals surface area contributed by atoms with E-state index in [4.69, 9.17) is 13.9 Å². The molecule has 0 atom stereocenters. The number of carbonyl (C=O) groups is 2. The fraction of sp³-hybridized carbons (Fsp3) is 0.400. The van der Waals surface area contributed by atoms with Crippen molar-refractivity contribution >= 4 is 11.9 Å². The highest BCUT2D eigenvalue weighted by atomic mass is 16.5. The van der Waals surface area contributed by atoms with Gasteiger partial charge in [0.05, 0.1) is 25.8 Å². The first-order valence-electron chi connectivity index (χ1n) is 8.66. The van der Waals surface area contributed by atoms with E-state index < -0.39 is 0 Å². The third kappa shape index (κ3) is 5.65. The van der Waals surface area contributed by atoms with E-state index in [1.807, 2.05) is 32.0 Å². The summed E-state index contributed by atoms with van der Waals surface area (Å²) in [5.74, 6) is 0.780. The summed E-state index contributed by atoms with van der Waals surface area (Å²) in [6.07, 6.45) is 1.68. The van der Waals surface area contributed by atoms with Gasteiger partial charge in [0.25, 0.3) is 5.91 Å². The van der Waals surface area contributed by atoms with E-state index in [1.54, 1.807) is 30.2 Å². The van der Waals surface area contributed by atoms with Crippen LogP contribution in [0.4, 0.5) is 0 Å². The molecule has 2 aromatic rings. The Kier molecular flexibility index (Phi) is 7.26. The van der Waals surface area contributed by atoms with Gasteiger partial charge < -0.3 is 18.8 Å². The fourth-order valence-corrected chi connectivity index (χ4v) is 2.45. The van der Waals surface area contributed by atoms with Gasteiger partial charge >= 0.3 is 5.97 Å². The Hall–Kier alpha value is -2.76. The minimum atomic E-state index is -0.333. The molecule has 2 rings (SSSR count). The van der Waals surface area contributed by atoms with Crippen LogP contribution in [0.25, 0.3) is 0 Å². The number of nitrogens with zero attached hydrogens (tertiary/aromatic N) is 1. The topological polar surface area (TPSA) is 69.0 Å². The van der Waals surface area contributed by atoms with Gasteiger partial charge in [-0.2, -0.15) is 0 Å². The molecule has 0 radical (unpaired) electrons. The zero-order valence-corrected chi connectivity index (χ0v) is 15.5. The van der Waals surface area contributed by atoms with Gasteiger partial charge in [-0.25, -0.2) is 0 Å². The molecule has 6 heteroatoms. The third-order valence-electron chi connectivity index (χ3n) is 4.08. The van der Waals surface area contributed by atoms with Crippen molar-refractivity contribution in [3.05, 3.63) is 53.5 Å². The van der Waals surface area contributed by atoms with Crippen LogP contribution in [0.1, 0.15) is 30.2 Å². The second kappa shape index (κ2) is 9.65. The number of benzene rings is 1. The SMILES string of the molecule is CCOC(=O)CCN(Cc1ccco1)C(=O)COc1cccc(C)c1C. The lowest BCUT2D eigenvalue weighted by atomic mass is 10.1. The summed E-state index contributed by atoms with van der Waals surface area (Å²) in [7, 11) is 0. The van der Waals surface area contributed by atoms with Crippen molar-refractivity contribution in [1.82, 2.24) is 4.90 Å².